The summed E-state index contributed by atoms with van der Waals surface area (Å²) in [4.78, 5) is 21.9. The van der Waals surface area contributed by atoms with E-state index in [-0.39, 0.29) is 5.97 Å². The highest BCUT2D eigenvalue weighted by Gasteiger charge is 2.20. The van der Waals surface area contributed by atoms with Gasteiger partial charge >= 0.3 is 5.97 Å². The number of esters is 1. The fraction of sp³-hybridized carbons (Fsp3) is 0.278. The predicted octanol–water partition coefficient (Wildman–Crippen LogP) is 4.32. The van der Waals surface area contributed by atoms with Gasteiger partial charge < -0.3 is 14.8 Å². The van der Waals surface area contributed by atoms with E-state index in [2.05, 4.69) is 22.2 Å². The highest BCUT2D eigenvalue weighted by molar-refractivity contribution is 7.20. The van der Waals surface area contributed by atoms with Gasteiger partial charge in [-0.25, -0.2) is 14.8 Å². The summed E-state index contributed by atoms with van der Waals surface area (Å²) in [6.07, 6.45) is 2.41. The number of rotatable bonds is 6. The molecule has 6 nitrogen and oxygen atoms in total. The van der Waals surface area contributed by atoms with E-state index >= 15 is 0 Å². The van der Waals surface area contributed by atoms with Crippen LogP contribution in [0.4, 0.5) is 11.5 Å². The highest BCUT2D eigenvalue weighted by Crippen LogP contribution is 2.36. The van der Waals surface area contributed by atoms with Gasteiger partial charge in [0.1, 0.15) is 27.6 Å². The van der Waals surface area contributed by atoms with Gasteiger partial charge in [-0.05, 0) is 31.0 Å². The van der Waals surface area contributed by atoms with Gasteiger partial charge in [-0.1, -0.05) is 19.1 Å². The first-order chi connectivity index (χ1) is 12.2. The van der Waals surface area contributed by atoms with Crippen molar-refractivity contribution in [2.45, 2.75) is 20.3 Å². The molecule has 0 aliphatic rings. The molecular formula is C18H19N3O3S. The molecule has 0 atom stereocenters. The first-order valence-electron chi connectivity index (χ1n) is 7.97. The van der Waals surface area contributed by atoms with Crippen LogP contribution in [0.15, 0.2) is 30.6 Å². The number of anilines is 2. The number of hydrogen-bond donors (Lipinski definition) is 1. The van der Waals surface area contributed by atoms with E-state index in [1.807, 2.05) is 31.2 Å². The molecule has 1 aromatic carbocycles. The van der Waals surface area contributed by atoms with E-state index in [4.69, 9.17) is 9.47 Å². The van der Waals surface area contributed by atoms with Crippen LogP contribution in [-0.2, 0) is 4.74 Å². The van der Waals surface area contributed by atoms with Crippen LogP contribution in [0.25, 0.3) is 10.2 Å². The smallest absolute Gasteiger partial charge is 0.348 e. The van der Waals surface area contributed by atoms with Crippen LogP contribution in [0.1, 0.15) is 28.6 Å². The molecule has 130 valence electrons. The van der Waals surface area contributed by atoms with Gasteiger partial charge in [-0.15, -0.1) is 11.3 Å². The van der Waals surface area contributed by atoms with Crippen molar-refractivity contribution >= 4 is 39.0 Å². The Labute approximate surface area is 149 Å². The monoisotopic (exact) mass is 357 g/mol. The number of methoxy groups -OCH3 is 1. The van der Waals surface area contributed by atoms with Crippen molar-refractivity contribution in [2.75, 3.05) is 19.0 Å². The zero-order chi connectivity index (χ0) is 17.8. The number of aromatic nitrogens is 2. The Kier molecular flexibility index (Phi) is 5.14. The number of carbonyl (C=O) groups is 1. The molecule has 0 saturated heterocycles. The fourth-order valence-corrected chi connectivity index (χ4v) is 3.56. The van der Waals surface area contributed by atoms with Crippen molar-refractivity contribution in [3.05, 3.63) is 41.0 Å². The van der Waals surface area contributed by atoms with Gasteiger partial charge in [0, 0.05) is 0 Å². The van der Waals surface area contributed by atoms with Crippen molar-refractivity contribution in [3.8, 4) is 5.75 Å². The molecule has 3 rings (SSSR count). The summed E-state index contributed by atoms with van der Waals surface area (Å²) in [5, 5.41) is 4.13. The second kappa shape index (κ2) is 7.48. The molecule has 0 aliphatic carbocycles. The number of carbonyl (C=O) groups excluding carboxylic acids is 1. The summed E-state index contributed by atoms with van der Waals surface area (Å²) < 4.78 is 10.6. The third-order valence-electron chi connectivity index (χ3n) is 3.70. The number of hydrogen-bond acceptors (Lipinski definition) is 7. The zero-order valence-electron chi connectivity index (χ0n) is 14.3. The van der Waals surface area contributed by atoms with Gasteiger partial charge in [0.2, 0.25) is 0 Å². The van der Waals surface area contributed by atoms with Crippen molar-refractivity contribution in [1.29, 1.82) is 0 Å². The zero-order valence-corrected chi connectivity index (χ0v) is 15.1. The molecule has 3 aromatic rings. The van der Waals surface area contributed by atoms with E-state index in [0.29, 0.717) is 17.3 Å². The molecule has 0 fully saturated rings. The summed E-state index contributed by atoms with van der Waals surface area (Å²) in [5.74, 6) is 1.04. The summed E-state index contributed by atoms with van der Waals surface area (Å²) in [6.45, 7) is 4.58. The molecule has 0 spiro atoms. The maximum Gasteiger partial charge on any atom is 0.348 e. The molecule has 2 aromatic heterocycles. The van der Waals surface area contributed by atoms with E-state index in [1.165, 1.54) is 24.8 Å². The Morgan fingerprint density at radius 1 is 1.28 bits per heavy atom. The second-order valence-electron chi connectivity index (χ2n) is 5.42. The highest BCUT2D eigenvalue weighted by atomic mass is 32.1. The predicted molar refractivity (Wildman–Crippen MR) is 99.0 cm³/mol. The van der Waals surface area contributed by atoms with Crippen LogP contribution in [0, 0.1) is 6.92 Å². The van der Waals surface area contributed by atoms with Gasteiger partial charge in [0.05, 0.1) is 24.8 Å². The van der Waals surface area contributed by atoms with E-state index in [1.54, 1.807) is 0 Å². The number of thiophene rings is 1. The first-order valence-corrected chi connectivity index (χ1v) is 8.78. The minimum Gasteiger partial charge on any atom is -0.491 e. The van der Waals surface area contributed by atoms with Crippen molar-refractivity contribution in [1.82, 2.24) is 9.97 Å². The molecule has 1 N–H and O–H groups in total. The number of benzene rings is 1. The molecule has 25 heavy (non-hydrogen) atoms. The first kappa shape index (κ1) is 17.2. The van der Waals surface area contributed by atoms with Crippen LogP contribution in [-0.4, -0.2) is 29.7 Å². The number of fused-ring (bicyclic) bond motifs is 1. The molecule has 0 amide bonds. The Morgan fingerprint density at radius 3 is 2.84 bits per heavy atom. The molecule has 7 heteroatoms. The maximum absolute atomic E-state index is 11.9. The van der Waals surface area contributed by atoms with Crippen LogP contribution >= 0.6 is 11.3 Å². The molecule has 0 radical (unpaired) electrons. The number of ether oxygens (including phenoxy) is 2. The van der Waals surface area contributed by atoms with Gasteiger partial charge in [-0.2, -0.15) is 0 Å². The fourth-order valence-electron chi connectivity index (χ4n) is 2.49. The van der Waals surface area contributed by atoms with Crippen LogP contribution in [0.2, 0.25) is 0 Å². The third kappa shape index (κ3) is 3.41. The Hall–Kier alpha value is -2.67. The van der Waals surface area contributed by atoms with E-state index in [9.17, 15) is 4.79 Å². The maximum atomic E-state index is 11.9. The molecule has 0 unspecified atom stereocenters. The Bertz CT molecular complexity index is 908. The molecule has 0 saturated carbocycles. The van der Waals surface area contributed by atoms with Crippen molar-refractivity contribution in [3.63, 3.8) is 0 Å². The summed E-state index contributed by atoms with van der Waals surface area (Å²) in [7, 11) is 1.37. The molecular weight excluding hydrogens is 338 g/mol. The number of para-hydroxylation sites is 2. The third-order valence-corrected chi connectivity index (χ3v) is 4.88. The minimum absolute atomic E-state index is 0.363. The minimum atomic E-state index is -0.363. The number of nitrogens with one attached hydrogen (secondary N) is 1. The molecule has 0 aliphatic heterocycles. The van der Waals surface area contributed by atoms with Gasteiger partial charge in [0.15, 0.2) is 0 Å². The summed E-state index contributed by atoms with van der Waals surface area (Å²) in [5.41, 5.74) is 1.63. The van der Waals surface area contributed by atoms with Crippen molar-refractivity contribution in [2.24, 2.45) is 0 Å². The topological polar surface area (TPSA) is 73.3 Å². The van der Waals surface area contributed by atoms with E-state index < -0.39 is 0 Å². The van der Waals surface area contributed by atoms with Gasteiger partial charge in [0.25, 0.3) is 0 Å². The molecule has 2 heterocycles. The number of aryl methyl sites for hydroxylation is 1. The van der Waals surface area contributed by atoms with E-state index in [0.717, 1.165) is 33.6 Å². The standard InChI is InChI=1S/C18H19N3O3S/c1-4-9-24-13-8-6-5-7-12(13)21-16-14-11(2)15(18(22)23-3)25-17(14)20-10-19-16/h5-8,10H,4,9H2,1-3H3,(H,19,20,21). The lowest BCUT2D eigenvalue weighted by Crippen LogP contribution is -2.02. The Morgan fingerprint density at radius 2 is 2.08 bits per heavy atom. The number of nitrogens with zero attached hydrogens (tertiary/aromatic N) is 2. The second-order valence-corrected chi connectivity index (χ2v) is 6.42. The normalized spacial score (nSPS) is 10.7. The van der Waals surface area contributed by atoms with Crippen LogP contribution in [0.5, 0.6) is 5.75 Å². The lowest BCUT2D eigenvalue weighted by molar-refractivity contribution is 0.0605. The molecule has 0 bridgehead atoms. The summed E-state index contributed by atoms with van der Waals surface area (Å²) in [6, 6.07) is 7.70. The van der Waals surface area contributed by atoms with Crippen molar-refractivity contribution < 1.29 is 14.3 Å². The quantitative estimate of drug-likeness (QED) is 0.662. The largest absolute Gasteiger partial charge is 0.491 e. The lowest BCUT2D eigenvalue weighted by Gasteiger charge is -2.13. The van der Waals surface area contributed by atoms with Crippen LogP contribution in [0.3, 0.4) is 0 Å². The van der Waals surface area contributed by atoms with Gasteiger partial charge in [-0.3, -0.25) is 0 Å². The summed E-state index contributed by atoms with van der Waals surface area (Å²) >= 11 is 1.30. The van der Waals surface area contributed by atoms with Crippen LogP contribution < -0.4 is 10.1 Å². The SMILES string of the molecule is CCCOc1ccccc1Nc1ncnc2sc(C(=O)OC)c(C)c12. The average Bonchev–Trinajstić information content (AvgIpc) is 2.98. The lowest BCUT2D eigenvalue weighted by atomic mass is 10.2. The Balaban J connectivity index is 2.03. The average molecular weight is 357 g/mol.